The van der Waals surface area contributed by atoms with Crippen molar-refractivity contribution in [3.63, 3.8) is 0 Å². The second-order valence-electron chi connectivity index (χ2n) is 5.27. The van der Waals surface area contributed by atoms with E-state index >= 15 is 0 Å². The van der Waals surface area contributed by atoms with E-state index in [0.29, 0.717) is 12.0 Å². The second-order valence-corrected chi connectivity index (χ2v) is 5.27. The summed E-state index contributed by atoms with van der Waals surface area (Å²) in [6.07, 6.45) is 3.69. The van der Waals surface area contributed by atoms with Crippen molar-refractivity contribution in [3.8, 4) is 0 Å². The summed E-state index contributed by atoms with van der Waals surface area (Å²) in [6, 6.07) is 1.29. The monoisotopic (exact) mass is 242 g/mol. The average molecular weight is 242 g/mol. The Morgan fingerprint density at radius 2 is 1.94 bits per heavy atom. The van der Waals surface area contributed by atoms with Gasteiger partial charge in [0, 0.05) is 24.5 Å². The van der Waals surface area contributed by atoms with Crippen LogP contribution < -0.4 is 5.32 Å². The van der Waals surface area contributed by atoms with E-state index in [9.17, 15) is 0 Å². The van der Waals surface area contributed by atoms with Crippen LogP contribution in [0.3, 0.4) is 0 Å². The molecule has 0 saturated carbocycles. The molecule has 1 aliphatic rings. The molecule has 2 unspecified atom stereocenters. The zero-order valence-electron chi connectivity index (χ0n) is 12.0. The summed E-state index contributed by atoms with van der Waals surface area (Å²) in [4.78, 5) is 2.51. The quantitative estimate of drug-likeness (QED) is 0.705. The van der Waals surface area contributed by atoms with Gasteiger partial charge in [-0.3, -0.25) is 0 Å². The number of rotatable bonds is 8. The lowest BCUT2D eigenvalue weighted by molar-refractivity contribution is 0.157. The van der Waals surface area contributed by atoms with Crippen LogP contribution in [0.1, 0.15) is 40.0 Å². The zero-order chi connectivity index (χ0) is 12.7. The third-order valence-corrected chi connectivity index (χ3v) is 3.94. The van der Waals surface area contributed by atoms with Crippen LogP contribution in [0.4, 0.5) is 0 Å². The zero-order valence-corrected chi connectivity index (χ0v) is 12.0. The largest absolute Gasteiger partial charge is 0.379 e. The standard InChI is InChI=1S/C14H30N2O/c1-5-8-15-14-11-17-10-12(14)9-16(4)13(6-2)7-3/h12-15H,5-11H2,1-4H3. The first-order valence-electron chi connectivity index (χ1n) is 7.24. The Kier molecular flexibility index (Phi) is 7.09. The fourth-order valence-electron chi connectivity index (χ4n) is 2.76. The molecule has 0 spiro atoms. The highest BCUT2D eigenvalue weighted by Crippen LogP contribution is 2.17. The summed E-state index contributed by atoms with van der Waals surface area (Å²) < 4.78 is 5.63. The van der Waals surface area contributed by atoms with E-state index in [0.717, 1.165) is 32.3 Å². The molecule has 3 heteroatoms. The van der Waals surface area contributed by atoms with Gasteiger partial charge in [-0.25, -0.2) is 0 Å². The molecule has 0 bridgehead atoms. The van der Waals surface area contributed by atoms with Crippen molar-refractivity contribution in [2.24, 2.45) is 5.92 Å². The van der Waals surface area contributed by atoms with Crippen LogP contribution in [-0.4, -0.2) is 50.3 Å². The summed E-state index contributed by atoms with van der Waals surface area (Å²) in [7, 11) is 2.26. The molecule has 1 saturated heterocycles. The van der Waals surface area contributed by atoms with E-state index in [1.165, 1.54) is 19.3 Å². The molecule has 0 aromatic rings. The maximum Gasteiger partial charge on any atom is 0.0623 e. The minimum absolute atomic E-state index is 0.562. The maximum atomic E-state index is 5.63. The van der Waals surface area contributed by atoms with Gasteiger partial charge in [0.15, 0.2) is 0 Å². The van der Waals surface area contributed by atoms with Gasteiger partial charge in [-0.15, -0.1) is 0 Å². The molecule has 0 aliphatic carbocycles. The van der Waals surface area contributed by atoms with Crippen molar-refractivity contribution in [2.75, 3.05) is 33.4 Å². The van der Waals surface area contributed by atoms with Crippen LogP contribution in [-0.2, 0) is 4.74 Å². The molecule has 2 atom stereocenters. The van der Waals surface area contributed by atoms with Gasteiger partial charge in [-0.1, -0.05) is 20.8 Å². The lowest BCUT2D eigenvalue weighted by Crippen LogP contribution is -2.43. The minimum Gasteiger partial charge on any atom is -0.379 e. The Labute approximate surface area is 107 Å². The van der Waals surface area contributed by atoms with E-state index in [1.54, 1.807) is 0 Å². The summed E-state index contributed by atoms with van der Waals surface area (Å²) in [5.74, 6) is 0.659. The highest BCUT2D eigenvalue weighted by atomic mass is 16.5. The number of ether oxygens (including phenoxy) is 1. The van der Waals surface area contributed by atoms with Crippen LogP contribution in [0, 0.1) is 5.92 Å². The fourth-order valence-corrected chi connectivity index (χ4v) is 2.76. The Balaban J connectivity index is 2.37. The molecule has 0 radical (unpaired) electrons. The summed E-state index contributed by atoms with van der Waals surface area (Å²) in [5, 5.41) is 3.61. The van der Waals surface area contributed by atoms with E-state index in [-0.39, 0.29) is 0 Å². The molecule has 0 aromatic heterocycles. The van der Waals surface area contributed by atoms with Gasteiger partial charge in [0.2, 0.25) is 0 Å². The molecule has 17 heavy (non-hydrogen) atoms. The smallest absolute Gasteiger partial charge is 0.0623 e. The maximum absolute atomic E-state index is 5.63. The lowest BCUT2D eigenvalue weighted by atomic mass is 10.0. The highest BCUT2D eigenvalue weighted by molar-refractivity contribution is 4.84. The van der Waals surface area contributed by atoms with Crippen LogP contribution in [0.15, 0.2) is 0 Å². The number of nitrogens with zero attached hydrogens (tertiary/aromatic N) is 1. The molecule has 0 aromatic carbocycles. The molecule has 1 heterocycles. The molecule has 1 fully saturated rings. The van der Waals surface area contributed by atoms with Crippen LogP contribution in [0.5, 0.6) is 0 Å². The topological polar surface area (TPSA) is 24.5 Å². The SMILES string of the molecule is CCCNC1COCC1CN(C)C(CC)CC. The van der Waals surface area contributed by atoms with Gasteiger partial charge in [0.25, 0.3) is 0 Å². The predicted molar refractivity (Wildman–Crippen MR) is 73.4 cm³/mol. The summed E-state index contributed by atoms with van der Waals surface area (Å²) in [5.41, 5.74) is 0. The molecule has 3 nitrogen and oxygen atoms in total. The van der Waals surface area contributed by atoms with Crippen molar-refractivity contribution in [2.45, 2.75) is 52.1 Å². The predicted octanol–water partition coefficient (Wildman–Crippen LogP) is 2.12. The van der Waals surface area contributed by atoms with Crippen molar-refractivity contribution in [3.05, 3.63) is 0 Å². The first kappa shape index (κ1) is 14.9. The molecule has 0 amide bonds. The lowest BCUT2D eigenvalue weighted by Gasteiger charge is -2.30. The van der Waals surface area contributed by atoms with Crippen molar-refractivity contribution >= 4 is 0 Å². The minimum atomic E-state index is 0.562. The first-order valence-corrected chi connectivity index (χ1v) is 7.24. The highest BCUT2D eigenvalue weighted by Gasteiger charge is 2.29. The number of hydrogen-bond acceptors (Lipinski definition) is 3. The number of hydrogen-bond donors (Lipinski definition) is 1. The molecular formula is C14H30N2O. The van der Waals surface area contributed by atoms with Gasteiger partial charge >= 0.3 is 0 Å². The normalized spacial score (nSPS) is 25.1. The Hall–Kier alpha value is -0.120. The number of nitrogens with one attached hydrogen (secondary N) is 1. The van der Waals surface area contributed by atoms with Crippen LogP contribution >= 0.6 is 0 Å². The van der Waals surface area contributed by atoms with Crippen molar-refractivity contribution < 1.29 is 4.74 Å². The van der Waals surface area contributed by atoms with Gasteiger partial charge in [0.05, 0.1) is 13.2 Å². The Morgan fingerprint density at radius 3 is 2.53 bits per heavy atom. The van der Waals surface area contributed by atoms with Crippen molar-refractivity contribution in [1.29, 1.82) is 0 Å². The first-order chi connectivity index (χ1) is 8.22. The van der Waals surface area contributed by atoms with E-state index < -0.39 is 0 Å². The average Bonchev–Trinajstić information content (AvgIpc) is 2.75. The Bertz CT molecular complexity index is 195. The third kappa shape index (κ3) is 4.57. The van der Waals surface area contributed by atoms with Crippen molar-refractivity contribution in [1.82, 2.24) is 10.2 Å². The van der Waals surface area contributed by atoms with Gasteiger partial charge in [0.1, 0.15) is 0 Å². The van der Waals surface area contributed by atoms with Crippen LogP contribution in [0.2, 0.25) is 0 Å². The van der Waals surface area contributed by atoms with E-state index in [1.807, 2.05) is 0 Å². The van der Waals surface area contributed by atoms with E-state index in [2.05, 4.69) is 38.0 Å². The third-order valence-electron chi connectivity index (χ3n) is 3.94. The molecule has 1 aliphatic heterocycles. The molecule has 102 valence electrons. The summed E-state index contributed by atoms with van der Waals surface area (Å²) >= 11 is 0. The van der Waals surface area contributed by atoms with E-state index in [4.69, 9.17) is 4.74 Å². The molecule has 1 rings (SSSR count). The second kappa shape index (κ2) is 8.06. The van der Waals surface area contributed by atoms with Gasteiger partial charge < -0.3 is 15.0 Å². The summed E-state index contributed by atoms with van der Waals surface area (Å²) in [6.45, 7) is 10.9. The van der Waals surface area contributed by atoms with Gasteiger partial charge in [-0.2, -0.15) is 0 Å². The fraction of sp³-hybridized carbons (Fsp3) is 1.00. The van der Waals surface area contributed by atoms with Gasteiger partial charge in [-0.05, 0) is 32.9 Å². The molecule has 1 N–H and O–H groups in total. The van der Waals surface area contributed by atoms with Crippen LogP contribution in [0.25, 0.3) is 0 Å². The molecular weight excluding hydrogens is 212 g/mol. The Morgan fingerprint density at radius 1 is 1.24 bits per heavy atom.